The lowest BCUT2D eigenvalue weighted by atomic mass is 10.1. The molecule has 0 aliphatic heterocycles. The second-order valence-electron chi connectivity index (χ2n) is 5.14. The predicted molar refractivity (Wildman–Crippen MR) is 92.9 cm³/mol. The maximum absolute atomic E-state index is 12.2. The lowest BCUT2D eigenvalue weighted by molar-refractivity contribution is -0.274. The van der Waals surface area contributed by atoms with Crippen LogP contribution in [-0.2, 0) is 0 Å². The number of nitrogens with zero attached hydrogens (tertiary/aromatic N) is 1. The van der Waals surface area contributed by atoms with Crippen LogP contribution < -0.4 is 10.1 Å². The van der Waals surface area contributed by atoms with Gasteiger partial charge in [0.05, 0.1) is 5.69 Å². The highest BCUT2D eigenvalue weighted by Crippen LogP contribution is 2.37. The molecule has 0 atom stereocenters. The molecule has 0 unspecified atom stereocenters. The number of rotatable bonds is 4. The molecule has 0 fully saturated rings. The second kappa shape index (κ2) is 6.72. The molecular formula is C17H11BrF3N3O. The molecule has 0 saturated carbocycles. The molecule has 0 aliphatic rings. The Morgan fingerprint density at radius 2 is 1.72 bits per heavy atom. The molecule has 4 nitrogen and oxygen atoms in total. The maximum Gasteiger partial charge on any atom is 0.573 e. The predicted octanol–water partition coefficient (Wildman–Crippen LogP) is 6.91. The number of fused-ring (bicyclic) bond motifs is 1. The van der Waals surface area contributed by atoms with Crippen molar-refractivity contribution in [3.63, 3.8) is 0 Å². The van der Waals surface area contributed by atoms with Crippen molar-refractivity contribution < 1.29 is 17.9 Å². The lowest BCUT2D eigenvalue weighted by Crippen LogP contribution is -2.16. The van der Waals surface area contributed by atoms with Crippen LogP contribution in [-0.4, -0.2) is 6.36 Å². The first kappa shape index (κ1) is 17.2. The molecule has 0 spiro atoms. The summed E-state index contributed by atoms with van der Waals surface area (Å²) >= 11 is 3.39. The van der Waals surface area contributed by atoms with Gasteiger partial charge < -0.3 is 10.1 Å². The molecule has 0 saturated heterocycles. The molecule has 0 aliphatic carbocycles. The Balaban J connectivity index is 1.90. The van der Waals surface area contributed by atoms with Gasteiger partial charge >= 0.3 is 6.36 Å². The third-order valence-electron chi connectivity index (χ3n) is 3.43. The summed E-state index contributed by atoms with van der Waals surface area (Å²) in [6.45, 7) is 0. The Morgan fingerprint density at radius 3 is 2.36 bits per heavy atom. The lowest BCUT2D eigenvalue weighted by Gasteiger charge is -2.13. The van der Waals surface area contributed by atoms with E-state index >= 15 is 0 Å². The Kier molecular flexibility index (Phi) is 4.63. The van der Waals surface area contributed by atoms with Gasteiger partial charge in [-0.05, 0) is 47.9 Å². The van der Waals surface area contributed by atoms with Crippen LogP contribution in [0.3, 0.4) is 0 Å². The summed E-state index contributed by atoms with van der Waals surface area (Å²) < 4.78 is 41.3. The summed E-state index contributed by atoms with van der Waals surface area (Å²) in [5, 5.41) is 8.36. The van der Waals surface area contributed by atoms with Gasteiger partial charge in [-0.15, -0.1) is 13.2 Å². The fraction of sp³-hybridized carbons (Fsp3) is 0.0588. The van der Waals surface area contributed by atoms with E-state index in [2.05, 4.69) is 31.1 Å². The van der Waals surface area contributed by atoms with Gasteiger partial charge in [0.25, 0.3) is 0 Å². The van der Waals surface area contributed by atoms with Crippen LogP contribution in [0.2, 0.25) is 0 Å². The Bertz CT molecular complexity index is 927. The molecule has 3 rings (SSSR count). The Morgan fingerprint density at radius 1 is 1.00 bits per heavy atom. The van der Waals surface area contributed by atoms with E-state index in [9.17, 15) is 13.2 Å². The van der Waals surface area contributed by atoms with E-state index in [-0.39, 0.29) is 5.75 Å². The van der Waals surface area contributed by atoms with Gasteiger partial charge in [0.2, 0.25) is 0 Å². The number of hydrogen-bond donors (Lipinski definition) is 2. The molecule has 0 aromatic heterocycles. The monoisotopic (exact) mass is 409 g/mol. The Labute approximate surface area is 149 Å². The minimum absolute atomic E-state index is 0.299. The highest BCUT2D eigenvalue weighted by atomic mass is 79.9. The average Bonchev–Trinajstić information content (AvgIpc) is 2.55. The van der Waals surface area contributed by atoms with E-state index in [1.54, 1.807) is 6.07 Å². The molecule has 0 amide bonds. The van der Waals surface area contributed by atoms with Crippen molar-refractivity contribution in [1.82, 2.24) is 0 Å². The van der Waals surface area contributed by atoms with Crippen LogP contribution in [0.1, 0.15) is 0 Å². The highest BCUT2D eigenvalue weighted by Gasteiger charge is 2.30. The van der Waals surface area contributed by atoms with Gasteiger partial charge in [0, 0.05) is 15.5 Å². The first-order valence-corrected chi connectivity index (χ1v) is 7.87. The zero-order valence-corrected chi connectivity index (χ0v) is 14.1. The molecule has 3 aromatic carbocycles. The largest absolute Gasteiger partial charge is 0.573 e. The summed E-state index contributed by atoms with van der Waals surface area (Å²) in [6.07, 6.45) is -4.72. The van der Waals surface area contributed by atoms with Crippen molar-refractivity contribution in [3.05, 3.63) is 59.1 Å². The number of ether oxygens (including phenoxy) is 1. The summed E-state index contributed by atoms with van der Waals surface area (Å²) in [4.78, 5) is 0. The van der Waals surface area contributed by atoms with E-state index in [1.807, 2.05) is 24.3 Å². The fourth-order valence-corrected chi connectivity index (χ4v) is 2.78. The van der Waals surface area contributed by atoms with Crippen molar-refractivity contribution in [1.29, 1.82) is 5.53 Å². The SMILES string of the molecule is N=Nc1c(Nc2ccc(OC(F)(F)F)cc2)ccc2cc(Br)ccc12. The number of hydrogen-bond acceptors (Lipinski definition) is 4. The van der Waals surface area contributed by atoms with Gasteiger partial charge in [-0.1, -0.05) is 28.1 Å². The van der Waals surface area contributed by atoms with E-state index < -0.39 is 6.36 Å². The normalized spacial score (nSPS) is 11.4. The van der Waals surface area contributed by atoms with Crippen LogP contribution in [0.25, 0.3) is 10.8 Å². The van der Waals surface area contributed by atoms with Gasteiger partial charge in [-0.3, -0.25) is 0 Å². The zero-order chi connectivity index (χ0) is 18.0. The minimum Gasteiger partial charge on any atom is -0.406 e. The first-order chi connectivity index (χ1) is 11.9. The number of halogens is 4. The molecule has 2 N–H and O–H groups in total. The molecule has 3 aromatic rings. The number of alkyl halides is 3. The van der Waals surface area contributed by atoms with E-state index in [0.29, 0.717) is 17.1 Å². The molecule has 0 heterocycles. The topological polar surface area (TPSA) is 57.5 Å². The number of anilines is 2. The summed E-state index contributed by atoms with van der Waals surface area (Å²) in [5.41, 5.74) is 9.02. The van der Waals surface area contributed by atoms with Crippen molar-refractivity contribution >= 4 is 43.8 Å². The smallest absolute Gasteiger partial charge is 0.406 e. The molecule has 25 heavy (non-hydrogen) atoms. The fourth-order valence-electron chi connectivity index (χ4n) is 2.40. The van der Waals surface area contributed by atoms with Crippen molar-refractivity contribution in [2.75, 3.05) is 5.32 Å². The first-order valence-electron chi connectivity index (χ1n) is 7.08. The van der Waals surface area contributed by atoms with Crippen LogP contribution in [0.5, 0.6) is 5.75 Å². The second-order valence-corrected chi connectivity index (χ2v) is 6.05. The van der Waals surface area contributed by atoms with E-state index in [4.69, 9.17) is 5.53 Å². The number of benzene rings is 3. The van der Waals surface area contributed by atoms with E-state index in [1.165, 1.54) is 24.3 Å². The highest BCUT2D eigenvalue weighted by molar-refractivity contribution is 9.10. The van der Waals surface area contributed by atoms with Gasteiger partial charge in [-0.25, -0.2) is 5.53 Å². The molecule has 8 heteroatoms. The van der Waals surface area contributed by atoms with Crippen molar-refractivity contribution in [2.24, 2.45) is 5.11 Å². The van der Waals surface area contributed by atoms with Crippen molar-refractivity contribution in [3.8, 4) is 5.75 Å². The van der Waals surface area contributed by atoms with Crippen LogP contribution >= 0.6 is 15.9 Å². The number of nitrogens with one attached hydrogen (secondary N) is 2. The summed E-state index contributed by atoms with van der Waals surface area (Å²) in [5.74, 6) is -0.299. The summed E-state index contributed by atoms with van der Waals surface area (Å²) in [6, 6.07) is 14.6. The van der Waals surface area contributed by atoms with Gasteiger partial charge in [-0.2, -0.15) is 5.11 Å². The standard InChI is InChI=1S/C17H11BrF3N3O/c18-11-2-7-14-10(9-11)1-8-15(16(14)24-22)23-12-3-5-13(6-4-12)25-17(19,20)21/h1-9,22-23H. The Hall–Kier alpha value is -2.61. The molecule has 0 bridgehead atoms. The molecule has 0 radical (unpaired) electrons. The van der Waals surface area contributed by atoms with Crippen LogP contribution in [0.4, 0.5) is 30.2 Å². The van der Waals surface area contributed by atoms with E-state index in [0.717, 1.165) is 15.2 Å². The van der Waals surface area contributed by atoms with Gasteiger partial charge in [0.1, 0.15) is 11.4 Å². The zero-order valence-electron chi connectivity index (χ0n) is 12.6. The quantitative estimate of drug-likeness (QED) is 0.460. The third kappa shape index (κ3) is 4.08. The van der Waals surface area contributed by atoms with Crippen LogP contribution in [0.15, 0.2) is 64.2 Å². The van der Waals surface area contributed by atoms with Crippen LogP contribution in [0, 0.1) is 5.53 Å². The van der Waals surface area contributed by atoms with Gasteiger partial charge in [0.15, 0.2) is 0 Å². The minimum atomic E-state index is -4.72. The average molecular weight is 410 g/mol. The molecule has 128 valence electrons. The maximum atomic E-state index is 12.2. The third-order valence-corrected chi connectivity index (χ3v) is 3.93. The molecular weight excluding hydrogens is 399 g/mol. The van der Waals surface area contributed by atoms with Crippen molar-refractivity contribution in [2.45, 2.75) is 6.36 Å². The summed E-state index contributed by atoms with van der Waals surface area (Å²) in [7, 11) is 0.